The number of hydrogen-bond acceptors (Lipinski definition) is 9. The van der Waals surface area contributed by atoms with Crippen molar-refractivity contribution < 1.29 is 10.0 Å². The number of nitrogens with zero attached hydrogens (tertiary/aromatic N) is 8. The third kappa shape index (κ3) is 4.82. The molecule has 1 amide bonds. The standard InChI is InChI=1S/C21H25N9O2/c1-28-19-3-2-16(10-18(19)25-27-28)14-29(9-6-22)13-15-4-7-30(8-5-15)21-23-11-17(12-24-21)20(31)26-32/h2-3,10-12,15,32H,4-5,7-9,13-14H2,1H3,(H,26,31). The first kappa shape index (κ1) is 21.6. The predicted molar refractivity (Wildman–Crippen MR) is 116 cm³/mol. The second-order valence-corrected chi connectivity index (χ2v) is 8.01. The van der Waals surface area contributed by atoms with Gasteiger partial charge in [-0.25, -0.2) is 20.1 Å². The van der Waals surface area contributed by atoms with Gasteiger partial charge in [0.1, 0.15) is 5.52 Å². The van der Waals surface area contributed by atoms with E-state index in [-0.39, 0.29) is 5.56 Å². The summed E-state index contributed by atoms with van der Waals surface area (Å²) in [7, 11) is 1.87. The molecule has 166 valence electrons. The first-order valence-electron chi connectivity index (χ1n) is 10.5. The topological polar surface area (TPSA) is 136 Å². The monoisotopic (exact) mass is 435 g/mol. The highest BCUT2D eigenvalue weighted by molar-refractivity contribution is 5.92. The summed E-state index contributed by atoms with van der Waals surface area (Å²) >= 11 is 0. The summed E-state index contributed by atoms with van der Waals surface area (Å²) in [6.07, 6.45) is 4.74. The molecule has 0 unspecified atom stereocenters. The fraction of sp³-hybridized carbons (Fsp3) is 0.429. The third-order valence-electron chi connectivity index (χ3n) is 5.79. The van der Waals surface area contributed by atoms with Gasteiger partial charge in [0, 0.05) is 45.6 Å². The van der Waals surface area contributed by atoms with Crippen LogP contribution in [0.5, 0.6) is 0 Å². The molecule has 1 fully saturated rings. The Labute approximate surface area is 185 Å². The van der Waals surface area contributed by atoms with Gasteiger partial charge < -0.3 is 4.90 Å². The summed E-state index contributed by atoms with van der Waals surface area (Å²) in [5, 5.41) is 26.2. The Kier molecular flexibility index (Phi) is 6.53. The highest BCUT2D eigenvalue weighted by Gasteiger charge is 2.23. The van der Waals surface area contributed by atoms with Crippen molar-refractivity contribution in [3.8, 4) is 6.07 Å². The number of anilines is 1. The average molecular weight is 435 g/mol. The molecule has 11 nitrogen and oxygen atoms in total. The molecule has 32 heavy (non-hydrogen) atoms. The van der Waals surface area contributed by atoms with Crippen LogP contribution in [0.25, 0.3) is 11.0 Å². The number of nitrogens with one attached hydrogen (secondary N) is 1. The number of fused-ring (bicyclic) bond motifs is 1. The minimum absolute atomic E-state index is 0.206. The first-order valence-corrected chi connectivity index (χ1v) is 10.5. The van der Waals surface area contributed by atoms with Crippen LogP contribution < -0.4 is 10.4 Å². The average Bonchev–Trinajstić information content (AvgIpc) is 3.19. The molecular weight excluding hydrogens is 410 g/mol. The molecule has 1 aliphatic heterocycles. The number of hydroxylamine groups is 1. The van der Waals surface area contributed by atoms with Crippen molar-refractivity contribution >= 4 is 22.9 Å². The lowest BCUT2D eigenvalue weighted by Gasteiger charge is -2.34. The van der Waals surface area contributed by atoms with Crippen LogP contribution in [0.4, 0.5) is 5.95 Å². The Balaban J connectivity index is 1.33. The largest absolute Gasteiger partial charge is 0.341 e. The van der Waals surface area contributed by atoms with Crippen LogP contribution in [0.2, 0.25) is 0 Å². The number of carbonyl (C=O) groups excluding carboxylic acids is 1. The summed E-state index contributed by atoms with van der Waals surface area (Å²) in [6.45, 7) is 3.52. The van der Waals surface area contributed by atoms with Crippen LogP contribution in [-0.4, -0.2) is 67.2 Å². The van der Waals surface area contributed by atoms with Crippen LogP contribution in [0.3, 0.4) is 0 Å². The van der Waals surface area contributed by atoms with E-state index in [1.165, 1.54) is 12.4 Å². The molecule has 1 aliphatic rings. The fourth-order valence-corrected chi connectivity index (χ4v) is 4.07. The maximum atomic E-state index is 11.4. The molecule has 0 bridgehead atoms. The number of nitriles is 1. The van der Waals surface area contributed by atoms with E-state index >= 15 is 0 Å². The van der Waals surface area contributed by atoms with Crippen molar-refractivity contribution in [2.75, 3.05) is 31.1 Å². The molecule has 0 radical (unpaired) electrons. The SMILES string of the molecule is Cn1nnc2cc(CN(CC#N)CC3CCN(c4ncc(C(=O)NO)cn4)CC3)ccc21. The number of carbonyl (C=O) groups is 1. The van der Waals surface area contributed by atoms with Gasteiger partial charge in [-0.15, -0.1) is 5.10 Å². The Hall–Kier alpha value is -3.62. The van der Waals surface area contributed by atoms with E-state index in [0.29, 0.717) is 25.0 Å². The van der Waals surface area contributed by atoms with Gasteiger partial charge in [0.2, 0.25) is 5.95 Å². The summed E-state index contributed by atoms with van der Waals surface area (Å²) in [5.41, 5.74) is 4.74. The molecule has 0 aliphatic carbocycles. The van der Waals surface area contributed by atoms with E-state index in [2.05, 4.69) is 42.2 Å². The summed E-state index contributed by atoms with van der Waals surface area (Å²) in [6, 6.07) is 8.40. The van der Waals surface area contributed by atoms with E-state index < -0.39 is 5.91 Å². The second kappa shape index (κ2) is 9.67. The maximum absolute atomic E-state index is 11.4. The van der Waals surface area contributed by atoms with Gasteiger partial charge in [-0.2, -0.15) is 5.26 Å². The normalized spacial score (nSPS) is 14.6. The number of rotatable bonds is 7. The third-order valence-corrected chi connectivity index (χ3v) is 5.79. The van der Waals surface area contributed by atoms with Crippen molar-refractivity contribution in [3.63, 3.8) is 0 Å². The first-order chi connectivity index (χ1) is 15.6. The van der Waals surface area contributed by atoms with Crippen molar-refractivity contribution in [2.24, 2.45) is 13.0 Å². The van der Waals surface area contributed by atoms with E-state index in [1.807, 2.05) is 19.2 Å². The fourth-order valence-electron chi connectivity index (χ4n) is 4.07. The van der Waals surface area contributed by atoms with Crippen molar-refractivity contribution in [2.45, 2.75) is 19.4 Å². The van der Waals surface area contributed by atoms with Gasteiger partial charge in [0.05, 0.1) is 23.7 Å². The second-order valence-electron chi connectivity index (χ2n) is 8.01. The van der Waals surface area contributed by atoms with Crippen molar-refractivity contribution in [3.05, 3.63) is 41.7 Å². The molecule has 1 aromatic carbocycles. The number of hydrogen-bond donors (Lipinski definition) is 2. The molecule has 3 heterocycles. The maximum Gasteiger partial charge on any atom is 0.277 e. The lowest BCUT2D eigenvalue weighted by molar-refractivity contribution is 0.0705. The van der Waals surface area contributed by atoms with Crippen LogP contribution in [0.1, 0.15) is 28.8 Å². The molecule has 0 saturated carbocycles. The van der Waals surface area contributed by atoms with E-state index in [1.54, 1.807) is 10.2 Å². The Morgan fingerprint density at radius 2 is 2.06 bits per heavy atom. The predicted octanol–water partition coefficient (Wildman–Crippen LogP) is 1.12. The minimum Gasteiger partial charge on any atom is -0.341 e. The van der Waals surface area contributed by atoms with Crippen LogP contribution in [0.15, 0.2) is 30.6 Å². The highest BCUT2D eigenvalue weighted by atomic mass is 16.5. The molecule has 4 rings (SSSR count). The molecule has 1 saturated heterocycles. The molecule has 11 heteroatoms. The van der Waals surface area contributed by atoms with Crippen LogP contribution >= 0.6 is 0 Å². The zero-order chi connectivity index (χ0) is 22.5. The Morgan fingerprint density at radius 3 is 2.75 bits per heavy atom. The number of aryl methyl sites for hydroxylation is 1. The molecule has 0 atom stereocenters. The number of benzene rings is 1. The molecule has 2 N–H and O–H groups in total. The van der Waals surface area contributed by atoms with E-state index in [9.17, 15) is 10.1 Å². The zero-order valence-corrected chi connectivity index (χ0v) is 17.8. The quantitative estimate of drug-likeness (QED) is 0.318. The highest BCUT2D eigenvalue weighted by Crippen LogP contribution is 2.22. The van der Waals surface area contributed by atoms with Crippen molar-refractivity contribution in [1.82, 2.24) is 35.3 Å². The smallest absolute Gasteiger partial charge is 0.277 e. The molecule has 3 aromatic rings. The lowest BCUT2D eigenvalue weighted by Crippen LogP contribution is -2.39. The molecule has 0 spiro atoms. The Morgan fingerprint density at radius 1 is 1.31 bits per heavy atom. The summed E-state index contributed by atoms with van der Waals surface area (Å²) in [5.74, 6) is 0.412. The van der Waals surface area contributed by atoms with Crippen molar-refractivity contribution in [1.29, 1.82) is 5.26 Å². The molecular formula is C21H25N9O2. The van der Waals surface area contributed by atoms with Gasteiger partial charge >= 0.3 is 0 Å². The summed E-state index contributed by atoms with van der Waals surface area (Å²) in [4.78, 5) is 24.2. The van der Waals surface area contributed by atoms with Gasteiger partial charge in [0.25, 0.3) is 5.91 Å². The minimum atomic E-state index is -0.633. The van der Waals surface area contributed by atoms with E-state index in [0.717, 1.165) is 49.1 Å². The number of piperidine rings is 1. The van der Waals surface area contributed by atoms with Gasteiger partial charge in [0.15, 0.2) is 0 Å². The number of aromatic nitrogens is 5. The van der Waals surface area contributed by atoms with Crippen LogP contribution in [-0.2, 0) is 13.6 Å². The van der Waals surface area contributed by atoms with E-state index in [4.69, 9.17) is 5.21 Å². The van der Waals surface area contributed by atoms with Gasteiger partial charge in [-0.05, 0) is 36.5 Å². The van der Waals surface area contributed by atoms with Gasteiger partial charge in [-0.3, -0.25) is 14.9 Å². The molecule has 2 aromatic heterocycles. The van der Waals surface area contributed by atoms with Gasteiger partial charge in [-0.1, -0.05) is 11.3 Å². The van der Waals surface area contributed by atoms with Crippen LogP contribution in [0, 0.1) is 17.2 Å². The number of amides is 1. The lowest BCUT2D eigenvalue weighted by atomic mass is 9.96. The Bertz CT molecular complexity index is 1110. The summed E-state index contributed by atoms with van der Waals surface area (Å²) < 4.78 is 1.75. The zero-order valence-electron chi connectivity index (χ0n) is 17.8.